The molecule has 2 aromatic rings. The monoisotopic (exact) mass is 389 g/mol. The molecule has 0 amide bonds. The average Bonchev–Trinajstić information content (AvgIpc) is 2.62. The zero-order chi connectivity index (χ0) is 18.9. The summed E-state index contributed by atoms with van der Waals surface area (Å²) in [5.41, 5.74) is 1.13. The molecule has 26 heavy (non-hydrogen) atoms. The lowest BCUT2D eigenvalue weighted by molar-refractivity contribution is -0.0563. The first-order chi connectivity index (χ1) is 12.4. The van der Waals surface area contributed by atoms with E-state index in [-0.39, 0.29) is 5.92 Å². The summed E-state index contributed by atoms with van der Waals surface area (Å²) in [5.74, 6) is 0.257. The van der Waals surface area contributed by atoms with Gasteiger partial charge in [-0.1, -0.05) is 17.7 Å². The van der Waals surface area contributed by atoms with Gasteiger partial charge in [-0.3, -0.25) is 0 Å². The Bertz CT molecular complexity index is 881. The van der Waals surface area contributed by atoms with Crippen molar-refractivity contribution in [3.05, 3.63) is 58.6 Å². The number of nitrogens with zero attached hydrogens (tertiary/aromatic N) is 2. The van der Waals surface area contributed by atoms with Gasteiger partial charge in [-0.25, -0.2) is 0 Å². The molecule has 5 nitrogen and oxygen atoms in total. The number of benzene rings is 2. The molecule has 2 aromatic carbocycles. The van der Waals surface area contributed by atoms with Gasteiger partial charge in [-0.2, -0.15) is 9.93 Å². The fourth-order valence-electron chi connectivity index (χ4n) is 3.23. The van der Waals surface area contributed by atoms with Crippen molar-refractivity contribution in [2.24, 2.45) is 0 Å². The molecule has 0 saturated carbocycles. The summed E-state index contributed by atoms with van der Waals surface area (Å²) in [6.07, 6.45) is -0.832. The van der Waals surface area contributed by atoms with Gasteiger partial charge in [0, 0.05) is 16.5 Å². The van der Waals surface area contributed by atoms with Crippen molar-refractivity contribution >= 4 is 25.9 Å². The third-order valence-corrected chi connectivity index (χ3v) is 5.51. The number of aliphatic hydroxyl groups is 1. The molecule has 3 atom stereocenters. The lowest BCUT2D eigenvalue weighted by atomic mass is 9.81. The second kappa shape index (κ2) is 7.25. The van der Waals surface area contributed by atoms with Gasteiger partial charge in [0.2, 0.25) is 0 Å². The van der Waals surface area contributed by atoms with Gasteiger partial charge in [0.05, 0.1) is 23.9 Å². The molecule has 1 N–H and O–H groups in total. The van der Waals surface area contributed by atoms with Crippen LogP contribution < -0.4 is 9.41 Å². The van der Waals surface area contributed by atoms with Crippen LogP contribution in [0.3, 0.4) is 0 Å². The maximum Gasteiger partial charge on any atom is 0.448 e. The minimum Gasteiger partial charge on any atom is -0.485 e. The van der Waals surface area contributed by atoms with Crippen molar-refractivity contribution in [1.29, 1.82) is 5.26 Å². The molecular formula is C19H19ClN2O3P+. The summed E-state index contributed by atoms with van der Waals surface area (Å²) in [4.78, 5) is 0. The molecule has 7 heteroatoms. The predicted octanol–water partition coefficient (Wildman–Crippen LogP) is 4.27. The Morgan fingerprint density at radius 3 is 2.77 bits per heavy atom. The number of fused-ring (bicyclic) bond motifs is 1. The van der Waals surface area contributed by atoms with Crippen molar-refractivity contribution < 1.29 is 14.4 Å². The number of nitriles is 1. The van der Waals surface area contributed by atoms with Gasteiger partial charge in [0.15, 0.2) is 0 Å². The lowest BCUT2D eigenvalue weighted by Crippen LogP contribution is -2.50. The quantitative estimate of drug-likeness (QED) is 0.790. The maximum absolute atomic E-state index is 11.9. The molecule has 0 aliphatic carbocycles. The van der Waals surface area contributed by atoms with Crippen LogP contribution in [0.25, 0.3) is 0 Å². The third-order valence-electron chi connectivity index (χ3n) is 4.61. The Morgan fingerprint density at radius 1 is 1.35 bits per heavy atom. The number of hydrogen-bond acceptors (Lipinski definition) is 4. The highest BCUT2D eigenvalue weighted by Crippen LogP contribution is 2.43. The van der Waals surface area contributed by atoms with Crippen LogP contribution in [0, 0.1) is 11.3 Å². The largest absolute Gasteiger partial charge is 0.485 e. The van der Waals surface area contributed by atoms with Crippen LogP contribution in [-0.2, 0) is 4.57 Å². The molecule has 1 aliphatic rings. The topological polar surface area (TPSA) is 73.6 Å². The fourth-order valence-corrected chi connectivity index (χ4v) is 3.93. The molecular weight excluding hydrogens is 371 g/mol. The average molecular weight is 390 g/mol. The number of ether oxygens (including phenoxy) is 1. The van der Waals surface area contributed by atoms with E-state index in [1.807, 2.05) is 19.9 Å². The van der Waals surface area contributed by atoms with Crippen LogP contribution in [0.15, 0.2) is 42.5 Å². The van der Waals surface area contributed by atoms with Gasteiger partial charge in [0.25, 0.3) is 0 Å². The SMILES string of the molecule is CC1(C)Oc2ccc(C#N)cc2C(CN([PH+]=O)c2cccc(Cl)c2)C1O. The van der Waals surface area contributed by atoms with Gasteiger partial charge in [0.1, 0.15) is 17.5 Å². The standard InChI is InChI=1S/C19H18ClN2O3P/c1-19(2)18(23)16(15-8-12(10-21)6-7-17(15)25-19)11-22(26-24)14-5-3-4-13(20)9-14/h3-9,16,18,23H,11H2,1-2H3/p+1. The van der Waals surface area contributed by atoms with Gasteiger partial charge in [-0.15, -0.1) is 0 Å². The molecule has 3 unspecified atom stereocenters. The molecule has 1 aliphatic heterocycles. The van der Waals surface area contributed by atoms with Gasteiger partial charge >= 0.3 is 8.61 Å². The van der Waals surface area contributed by atoms with E-state index in [1.54, 1.807) is 41.1 Å². The Labute approximate surface area is 159 Å². The first-order valence-corrected chi connectivity index (χ1v) is 9.41. The lowest BCUT2D eigenvalue weighted by Gasteiger charge is -2.42. The number of halogens is 1. The Hall–Kier alpha value is -2.12. The summed E-state index contributed by atoms with van der Waals surface area (Å²) in [5, 5.41) is 20.6. The maximum atomic E-state index is 11.9. The molecule has 0 radical (unpaired) electrons. The predicted molar refractivity (Wildman–Crippen MR) is 102 cm³/mol. The summed E-state index contributed by atoms with van der Waals surface area (Å²) >= 11 is 6.05. The molecule has 0 saturated heterocycles. The summed E-state index contributed by atoms with van der Waals surface area (Å²) in [6.45, 7) is 3.93. The van der Waals surface area contributed by atoms with Crippen LogP contribution in [-0.4, -0.2) is 23.4 Å². The summed E-state index contributed by atoms with van der Waals surface area (Å²) in [6, 6.07) is 14.4. The summed E-state index contributed by atoms with van der Waals surface area (Å²) < 4.78 is 19.4. The van der Waals surface area contributed by atoms with E-state index in [1.165, 1.54) is 0 Å². The number of anilines is 1. The fraction of sp³-hybridized carbons (Fsp3) is 0.316. The van der Waals surface area contributed by atoms with E-state index >= 15 is 0 Å². The van der Waals surface area contributed by atoms with Crippen molar-refractivity contribution in [2.75, 3.05) is 11.2 Å². The van der Waals surface area contributed by atoms with Gasteiger partial charge in [-0.05, 0) is 54.8 Å². The van der Waals surface area contributed by atoms with Crippen LogP contribution >= 0.6 is 20.2 Å². The highest BCUT2D eigenvalue weighted by molar-refractivity contribution is 7.26. The van der Waals surface area contributed by atoms with E-state index in [4.69, 9.17) is 16.3 Å². The molecule has 0 fully saturated rings. The molecule has 134 valence electrons. The van der Waals surface area contributed by atoms with Crippen LogP contribution in [0.1, 0.15) is 30.9 Å². The highest BCUT2D eigenvalue weighted by Gasteiger charge is 2.44. The Kier molecular flexibility index (Phi) is 5.20. The molecule has 1 heterocycles. The van der Waals surface area contributed by atoms with Crippen molar-refractivity contribution in [2.45, 2.75) is 31.5 Å². The van der Waals surface area contributed by atoms with Crippen molar-refractivity contribution in [3.8, 4) is 11.8 Å². The second-order valence-corrected chi connectivity index (χ2v) is 7.96. The zero-order valence-corrected chi connectivity index (χ0v) is 16.2. The van der Waals surface area contributed by atoms with Crippen molar-refractivity contribution in [3.63, 3.8) is 0 Å². The molecule has 0 spiro atoms. The van der Waals surface area contributed by atoms with Crippen molar-refractivity contribution in [1.82, 2.24) is 0 Å². The van der Waals surface area contributed by atoms with E-state index in [9.17, 15) is 14.9 Å². The normalized spacial score (nSPS) is 20.7. The molecule has 0 aromatic heterocycles. The highest BCUT2D eigenvalue weighted by atomic mass is 35.5. The minimum absolute atomic E-state index is 0.304. The van der Waals surface area contributed by atoms with E-state index in [2.05, 4.69) is 6.07 Å². The smallest absolute Gasteiger partial charge is 0.448 e. The molecule has 0 bridgehead atoms. The second-order valence-electron chi connectivity index (χ2n) is 6.80. The van der Waals surface area contributed by atoms with Crippen LogP contribution in [0.5, 0.6) is 5.75 Å². The Balaban J connectivity index is 2.02. The van der Waals surface area contributed by atoms with Crippen LogP contribution in [0.4, 0.5) is 5.69 Å². The molecule has 3 rings (SSSR count). The van der Waals surface area contributed by atoms with E-state index in [0.717, 1.165) is 5.56 Å². The zero-order valence-electron chi connectivity index (χ0n) is 14.4. The first kappa shape index (κ1) is 18.7. The summed E-state index contributed by atoms with van der Waals surface area (Å²) in [7, 11) is -0.739. The Morgan fingerprint density at radius 2 is 2.12 bits per heavy atom. The third kappa shape index (κ3) is 3.54. The van der Waals surface area contributed by atoms with Crippen LogP contribution in [0.2, 0.25) is 5.02 Å². The first-order valence-electron chi connectivity index (χ1n) is 8.17. The minimum atomic E-state index is -0.832. The van der Waals surface area contributed by atoms with E-state index < -0.39 is 20.3 Å². The number of rotatable bonds is 4. The number of aliphatic hydroxyl groups excluding tert-OH is 1. The number of hydrogen-bond donors (Lipinski definition) is 1. The van der Waals surface area contributed by atoms with E-state index in [0.29, 0.717) is 28.6 Å². The van der Waals surface area contributed by atoms with Gasteiger partial charge < -0.3 is 9.84 Å².